The normalized spacial score (nSPS) is 25.1. The van der Waals surface area contributed by atoms with E-state index in [4.69, 9.17) is 11.2 Å². The molecular formula is C40H49F3N4O5S. The summed E-state index contributed by atoms with van der Waals surface area (Å²) < 4.78 is 77.7. The van der Waals surface area contributed by atoms with Crippen LogP contribution in [-0.4, -0.2) is 118 Å². The van der Waals surface area contributed by atoms with Crippen molar-refractivity contribution in [2.45, 2.75) is 66.2 Å². The van der Waals surface area contributed by atoms with E-state index in [1.807, 2.05) is 5.92 Å². The molecule has 5 fully saturated rings. The van der Waals surface area contributed by atoms with Gasteiger partial charge in [0.1, 0.15) is 16.9 Å². The molecular weight excluding hydrogens is 706 g/mol. The third-order valence-corrected chi connectivity index (χ3v) is 14.9. The summed E-state index contributed by atoms with van der Waals surface area (Å²) in [5, 5.41) is -0.856. The minimum atomic E-state index is -3.87. The van der Waals surface area contributed by atoms with Crippen LogP contribution in [0.5, 0.6) is 0 Å². The number of piperidine rings is 1. The zero-order valence-corrected chi connectivity index (χ0v) is 31.1. The minimum absolute atomic E-state index is 0.0127. The summed E-state index contributed by atoms with van der Waals surface area (Å²) in [5.74, 6) is 0.710. The SMILES string of the molecule is C#CC(=O)N1CC(S(=O)(=O)c2ccc(N3CC(F)(CN4CCC([C@@](CN5CCC5)(c5cccc(F)c5)[C@H]5CCC[C@@H]5CC(=O)OC)CC4)C3)c(F)c2)C1. The summed E-state index contributed by atoms with van der Waals surface area (Å²) in [6.45, 7) is 4.25. The van der Waals surface area contributed by atoms with Crippen molar-refractivity contribution in [3.05, 3.63) is 59.7 Å². The van der Waals surface area contributed by atoms with Gasteiger partial charge in [-0.25, -0.2) is 21.6 Å². The number of hydrogen-bond acceptors (Lipinski definition) is 8. The molecule has 1 aliphatic carbocycles. The highest BCUT2D eigenvalue weighted by Gasteiger charge is 2.54. The number of rotatable bonds is 12. The van der Waals surface area contributed by atoms with Gasteiger partial charge < -0.3 is 19.4 Å². The Bertz CT molecular complexity index is 1850. The molecule has 4 aliphatic heterocycles. The number of hydrogen-bond donors (Lipinski definition) is 0. The first kappa shape index (κ1) is 37.7. The number of likely N-dealkylation sites (tertiary alicyclic amines) is 3. The minimum Gasteiger partial charge on any atom is -0.469 e. The van der Waals surface area contributed by atoms with Crippen molar-refractivity contribution < 1.29 is 35.9 Å². The second-order valence-corrected chi connectivity index (χ2v) is 18.2. The Morgan fingerprint density at radius 2 is 1.72 bits per heavy atom. The third-order valence-electron chi connectivity index (χ3n) is 12.8. The Hall–Kier alpha value is -3.60. The maximum atomic E-state index is 16.2. The Balaban J connectivity index is 1.02. The Morgan fingerprint density at radius 1 is 0.981 bits per heavy atom. The molecule has 1 saturated carbocycles. The van der Waals surface area contributed by atoms with E-state index in [2.05, 4.69) is 15.9 Å². The van der Waals surface area contributed by atoms with Gasteiger partial charge in [-0.2, -0.15) is 0 Å². The van der Waals surface area contributed by atoms with Gasteiger partial charge >= 0.3 is 5.97 Å². The lowest BCUT2D eigenvalue weighted by Crippen LogP contribution is -2.65. The van der Waals surface area contributed by atoms with Gasteiger partial charge in [0.15, 0.2) is 15.5 Å². The van der Waals surface area contributed by atoms with E-state index < -0.39 is 32.5 Å². The summed E-state index contributed by atoms with van der Waals surface area (Å²) in [4.78, 5) is 31.5. The number of halogens is 3. The van der Waals surface area contributed by atoms with E-state index in [1.165, 1.54) is 30.2 Å². The number of sulfone groups is 1. The maximum Gasteiger partial charge on any atom is 0.305 e. The number of carbonyl (C=O) groups is 2. The van der Waals surface area contributed by atoms with Crippen LogP contribution in [0.4, 0.5) is 18.9 Å². The van der Waals surface area contributed by atoms with Gasteiger partial charge in [0.2, 0.25) is 0 Å². The second-order valence-electron chi connectivity index (χ2n) is 16.0. The second kappa shape index (κ2) is 14.9. The maximum absolute atomic E-state index is 16.2. The number of ether oxygens (including phenoxy) is 1. The van der Waals surface area contributed by atoms with Crippen LogP contribution in [0, 0.1) is 41.7 Å². The lowest BCUT2D eigenvalue weighted by Gasteiger charge is -2.54. The third kappa shape index (κ3) is 7.31. The van der Waals surface area contributed by atoms with Crippen LogP contribution in [0.25, 0.3) is 0 Å². The Morgan fingerprint density at radius 3 is 2.34 bits per heavy atom. The number of carbonyl (C=O) groups excluding carboxylic acids is 2. The van der Waals surface area contributed by atoms with Gasteiger partial charge in [-0.3, -0.25) is 14.5 Å². The first-order valence-electron chi connectivity index (χ1n) is 18.9. The fourth-order valence-corrected chi connectivity index (χ4v) is 11.6. The van der Waals surface area contributed by atoms with Gasteiger partial charge in [0.25, 0.3) is 5.91 Å². The van der Waals surface area contributed by atoms with Gasteiger partial charge in [-0.15, -0.1) is 6.42 Å². The zero-order valence-electron chi connectivity index (χ0n) is 30.3. The largest absolute Gasteiger partial charge is 0.469 e. The topological polar surface area (TPSA) is 90.5 Å². The van der Waals surface area contributed by atoms with E-state index in [0.717, 1.165) is 69.8 Å². The molecule has 0 spiro atoms. The first-order chi connectivity index (χ1) is 25.3. The van der Waals surface area contributed by atoms with Crippen LogP contribution >= 0.6 is 0 Å². The van der Waals surface area contributed by atoms with Crippen molar-refractivity contribution in [3.8, 4) is 12.3 Å². The summed E-state index contributed by atoms with van der Waals surface area (Å²) in [7, 11) is -2.44. The summed E-state index contributed by atoms with van der Waals surface area (Å²) >= 11 is 0. The first-order valence-corrected chi connectivity index (χ1v) is 20.4. The van der Waals surface area contributed by atoms with Crippen molar-refractivity contribution in [1.82, 2.24) is 14.7 Å². The Labute approximate surface area is 310 Å². The summed E-state index contributed by atoms with van der Waals surface area (Å²) in [6, 6.07) is 10.7. The predicted octanol–water partition coefficient (Wildman–Crippen LogP) is 4.45. The number of alkyl halides is 1. The average Bonchev–Trinajstić information content (AvgIpc) is 3.54. The fourth-order valence-electron chi connectivity index (χ4n) is 9.95. The number of amides is 1. The smallest absolute Gasteiger partial charge is 0.305 e. The molecule has 0 unspecified atom stereocenters. The van der Waals surface area contributed by atoms with E-state index in [9.17, 15) is 22.4 Å². The van der Waals surface area contributed by atoms with Gasteiger partial charge in [-0.1, -0.05) is 18.6 Å². The van der Waals surface area contributed by atoms with Crippen LogP contribution in [-0.2, 0) is 29.6 Å². The molecule has 0 radical (unpaired) electrons. The van der Waals surface area contributed by atoms with Crippen LogP contribution in [0.2, 0.25) is 0 Å². The zero-order chi connectivity index (χ0) is 37.5. The molecule has 4 saturated heterocycles. The molecule has 13 heteroatoms. The molecule has 4 heterocycles. The van der Waals surface area contributed by atoms with Crippen LogP contribution in [0.15, 0.2) is 47.4 Å². The molecule has 2 aromatic rings. The highest BCUT2D eigenvalue weighted by Crippen LogP contribution is 2.54. The Kier molecular flexibility index (Phi) is 10.6. The van der Waals surface area contributed by atoms with Gasteiger partial charge in [-0.05, 0) is 118 Å². The fraction of sp³-hybridized carbons (Fsp3) is 0.600. The molecule has 0 bridgehead atoms. The van der Waals surface area contributed by atoms with E-state index in [-0.39, 0.29) is 78.3 Å². The number of anilines is 1. The van der Waals surface area contributed by atoms with E-state index >= 15 is 8.78 Å². The molecule has 0 aromatic heterocycles. The van der Waals surface area contributed by atoms with Crippen LogP contribution < -0.4 is 4.90 Å². The number of benzene rings is 2. The standard InChI is InChI=1S/C40H49F3N4O5S/c1-3-37(48)46-22-33(23-46)53(50,51)32-11-12-36(35(42)21-32)47-25-39(43,26-47)24-45-17-13-29(14-18-45)40(27-44-15-6-16-44,30-8-5-9-31(41)20-30)34-10-4-7-28(34)19-38(49)52-2/h1,5,8-9,11-12,20-21,28-29,33-34H,4,6-7,10,13-19,22-27H2,2H3/t28-,34+,40+/m1/s1. The van der Waals surface area contributed by atoms with Crippen LogP contribution in [0.3, 0.4) is 0 Å². The quantitative estimate of drug-likeness (QED) is 0.232. The molecule has 1 amide bonds. The molecule has 53 heavy (non-hydrogen) atoms. The summed E-state index contributed by atoms with van der Waals surface area (Å²) in [6.07, 6.45) is 11.1. The molecule has 5 aliphatic rings. The molecule has 9 nitrogen and oxygen atoms in total. The monoisotopic (exact) mass is 754 g/mol. The van der Waals surface area contributed by atoms with Gasteiger partial charge in [0.05, 0.1) is 30.8 Å². The van der Waals surface area contributed by atoms with Crippen molar-refractivity contribution in [1.29, 1.82) is 0 Å². The molecule has 286 valence electrons. The highest BCUT2D eigenvalue weighted by atomic mass is 32.2. The molecule has 7 rings (SSSR count). The van der Waals surface area contributed by atoms with Gasteiger partial charge in [0, 0.05) is 38.0 Å². The average molecular weight is 755 g/mol. The molecule has 0 N–H and O–H groups in total. The van der Waals surface area contributed by atoms with Crippen molar-refractivity contribution in [2.24, 2.45) is 17.8 Å². The molecule has 3 atom stereocenters. The number of nitrogens with zero attached hydrogens (tertiary/aromatic N) is 4. The van der Waals surface area contributed by atoms with Crippen molar-refractivity contribution >= 4 is 27.4 Å². The van der Waals surface area contributed by atoms with E-state index in [1.54, 1.807) is 17.0 Å². The highest BCUT2D eigenvalue weighted by molar-refractivity contribution is 7.92. The van der Waals surface area contributed by atoms with Crippen molar-refractivity contribution in [2.75, 3.05) is 77.5 Å². The molecule has 2 aromatic carbocycles. The number of methoxy groups -OCH3 is 1. The van der Waals surface area contributed by atoms with Crippen LogP contribution in [0.1, 0.15) is 50.5 Å². The predicted molar refractivity (Wildman–Crippen MR) is 195 cm³/mol. The van der Waals surface area contributed by atoms with E-state index in [0.29, 0.717) is 19.5 Å². The number of terminal acetylenes is 1. The van der Waals surface area contributed by atoms with Crippen molar-refractivity contribution in [3.63, 3.8) is 0 Å². The number of esters is 1. The summed E-state index contributed by atoms with van der Waals surface area (Å²) in [5.41, 5.74) is -0.774. The lowest BCUT2D eigenvalue weighted by atomic mass is 9.56. The lowest BCUT2D eigenvalue weighted by molar-refractivity contribution is -0.142.